The largest absolute Gasteiger partial charge is 0.491 e. The third-order valence-corrected chi connectivity index (χ3v) is 6.76. The fourth-order valence-electron chi connectivity index (χ4n) is 4.20. The zero-order chi connectivity index (χ0) is 27.6. The molecule has 38 heavy (non-hydrogen) atoms. The maximum Gasteiger partial charge on any atom is 0.338 e. The fourth-order valence-corrected chi connectivity index (χ4v) is 5.25. The molecular weight excluding hydrogens is 510 g/mol. The van der Waals surface area contributed by atoms with Crippen molar-refractivity contribution in [3.8, 4) is 11.5 Å². The van der Waals surface area contributed by atoms with Gasteiger partial charge in [-0.25, -0.2) is 9.79 Å². The predicted octanol–water partition coefficient (Wildman–Crippen LogP) is 3.50. The van der Waals surface area contributed by atoms with E-state index >= 15 is 0 Å². The predicted molar refractivity (Wildman–Crippen MR) is 142 cm³/mol. The number of benzene rings is 2. The van der Waals surface area contributed by atoms with Gasteiger partial charge in [-0.2, -0.15) is 0 Å². The number of fused-ring (bicyclic) bond motifs is 1. The van der Waals surface area contributed by atoms with Crippen molar-refractivity contribution in [3.05, 3.63) is 94.7 Å². The summed E-state index contributed by atoms with van der Waals surface area (Å²) in [4.78, 5) is 42.6. The molecule has 2 aromatic carbocycles. The first-order valence-electron chi connectivity index (χ1n) is 11.9. The second kappa shape index (κ2) is 11.0. The van der Waals surface area contributed by atoms with Gasteiger partial charge in [0.1, 0.15) is 5.75 Å². The summed E-state index contributed by atoms with van der Waals surface area (Å²) in [6, 6.07) is 10.9. The Morgan fingerprint density at radius 1 is 1.24 bits per heavy atom. The minimum absolute atomic E-state index is 0.00969. The molecule has 0 fully saturated rings. The summed E-state index contributed by atoms with van der Waals surface area (Å²) in [5, 5.41) is 11.5. The quantitative estimate of drug-likeness (QED) is 0.245. The minimum Gasteiger partial charge on any atom is -0.491 e. The summed E-state index contributed by atoms with van der Waals surface area (Å²) in [6.45, 7) is 7.44. The maximum absolute atomic E-state index is 13.7. The topological polar surface area (TPSA) is 122 Å². The summed E-state index contributed by atoms with van der Waals surface area (Å²) in [5.41, 5.74) is 1.26. The molecule has 0 radical (unpaired) electrons. The van der Waals surface area contributed by atoms with Crippen molar-refractivity contribution in [3.63, 3.8) is 0 Å². The monoisotopic (exact) mass is 537 g/mol. The van der Waals surface area contributed by atoms with Crippen molar-refractivity contribution < 1.29 is 23.9 Å². The Hall–Kier alpha value is -4.25. The molecule has 0 bridgehead atoms. The highest BCUT2D eigenvalue weighted by atomic mass is 32.1. The van der Waals surface area contributed by atoms with Gasteiger partial charge < -0.3 is 14.2 Å². The van der Waals surface area contributed by atoms with E-state index in [-0.39, 0.29) is 35.3 Å². The highest BCUT2D eigenvalue weighted by Crippen LogP contribution is 2.32. The van der Waals surface area contributed by atoms with Gasteiger partial charge in [-0.05, 0) is 63.1 Å². The molecule has 3 aromatic rings. The number of carbonyl (C=O) groups excluding carboxylic acids is 1. The summed E-state index contributed by atoms with van der Waals surface area (Å²) >= 11 is 1.14. The summed E-state index contributed by atoms with van der Waals surface area (Å²) in [5.74, 6) is 0.227. The normalized spacial score (nSPS) is 15.2. The van der Waals surface area contributed by atoms with Crippen molar-refractivity contribution in [2.45, 2.75) is 39.8 Å². The van der Waals surface area contributed by atoms with Crippen molar-refractivity contribution in [1.29, 1.82) is 0 Å². The summed E-state index contributed by atoms with van der Waals surface area (Å²) in [7, 11) is 1.35. The van der Waals surface area contributed by atoms with E-state index in [0.717, 1.165) is 11.3 Å². The Bertz CT molecular complexity index is 1600. The molecule has 10 nitrogen and oxygen atoms in total. The Balaban J connectivity index is 1.89. The van der Waals surface area contributed by atoms with Crippen molar-refractivity contribution in [2.24, 2.45) is 4.99 Å². The number of hydrogen-bond acceptors (Lipinski definition) is 9. The van der Waals surface area contributed by atoms with Crippen LogP contribution in [-0.2, 0) is 9.53 Å². The number of nitro groups is 1. The Kier molecular flexibility index (Phi) is 7.77. The lowest BCUT2D eigenvalue weighted by Crippen LogP contribution is -2.39. The second-order valence-electron chi connectivity index (χ2n) is 8.73. The van der Waals surface area contributed by atoms with E-state index in [1.54, 1.807) is 38.1 Å². The molecule has 1 aliphatic rings. The van der Waals surface area contributed by atoms with Gasteiger partial charge in [0, 0.05) is 6.07 Å². The highest BCUT2D eigenvalue weighted by Gasteiger charge is 2.33. The average Bonchev–Trinajstić information content (AvgIpc) is 3.17. The first-order valence-corrected chi connectivity index (χ1v) is 12.7. The molecule has 11 heteroatoms. The van der Waals surface area contributed by atoms with E-state index in [1.807, 2.05) is 26.0 Å². The van der Waals surface area contributed by atoms with Gasteiger partial charge in [-0.15, -0.1) is 0 Å². The molecular formula is C27H27N3O7S. The number of methoxy groups -OCH3 is 1. The third kappa shape index (κ3) is 5.23. The van der Waals surface area contributed by atoms with Gasteiger partial charge in [-0.1, -0.05) is 29.5 Å². The van der Waals surface area contributed by atoms with E-state index in [2.05, 4.69) is 4.99 Å². The van der Waals surface area contributed by atoms with Gasteiger partial charge in [0.15, 0.2) is 10.6 Å². The van der Waals surface area contributed by atoms with Crippen LogP contribution in [0.2, 0.25) is 0 Å². The molecule has 1 aliphatic heterocycles. The fraction of sp³-hybridized carbons (Fsp3) is 0.296. The molecule has 4 rings (SSSR count). The van der Waals surface area contributed by atoms with E-state index in [4.69, 9.17) is 14.2 Å². The number of nitro benzene ring substituents is 1. The molecule has 0 saturated carbocycles. The summed E-state index contributed by atoms with van der Waals surface area (Å²) < 4.78 is 17.9. The molecule has 0 aliphatic carbocycles. The van der Waals surface area contributed by atoms with Crippen LogP contribution in [0.15, 0.2) is 63.5 Å². The zero-order valence-electron chi connectivity index (χ0n) is 21.6. The lowest BCUT2D eigenvalue weighted by Gasteiger charge is -2.25. The van der Waals surface area contributed by atoms with Crippen LogP contribution in [0.5, 0.6) is 11.5 Å². The Morgan fingerprint density at radius 3 is 2.55 bits per heavy atom. The number of ether oxygens (including phenoxy) is 3. The molecule has 0 saturated heterocycles. The second-order valence-corrected chi connectivity index (χ2v) is 9.74. The SMILES string of the molecule is CCOC(=O)C1=C(C)N=c2s/c(=C\c3ccc(OC)c([N+](=O)[O-])c3)c(=O)n2[C@H]1c1ccc(OC(C)C)cc1. The molecule has 0 unspecified atom stereocenters. The zero-order valence-corrected chi connectivity index (χ0v) is 22.4. The highest BCUT2D eigenvalue weighted by molar-refractivity contribution is 7.07. The van der Waals surface area contributed by atoms with Gasteiger partial charge in [0.2, 0.25) is 0 Å². The van der Waals surface area contributed by atoms with Crippen LogP contribution < -0.4 is 24.4 Å². The smallest absolute Gasteiger partial charge is 0.338 e. The van der Waals surface area contributed by atoms with Gasteiger partial charge >= 0.3 is 11.7 Å². The van der Waals surface area contributed by atoms with E-state index in [9.17, 15) is 19.7 Å². The number of thiazole rings is 1. The number of esters is 1. The number of nitrogens with zero attached hydrogens (tertiary/aromatic N) is 3. The standard InChI is InChI=1S/C27H27N3O7S/c1-6-36-26(32)23-16(4)28-27-29(24(23)18-8-10-19(11-9-18)37-15(2)3)25(31)22(38-27)14-17-7-12-21(35-5)20(13-17)30(33)34/h7-15,24H,6H2,1-5H3/b22-14-/t24-/m0/s1. The van der Waals surface area contributed by atoms with Crippen LogP contribution in [0.3, 0.4) is 0 Å². The molecule has 198 valence electrons. The number of aromatic nitrogens is 1. The van der Waals surface area contributed by atoms with Gasteiger partial charge in [0.05, 0.1) is 46.6 Å². The van der Waals surface area contributed by atoms with Crippen molar-refractivity contribution >= 4 is 29.1 Å². The lowest BCUT2D eigenvalue weighted by atomic mass is 9.96. The number of carbonyl (C=O) groups is 1. The van der Waals surface area contributed by atoms with Crippen LogP contribution in [0.25, 0.3) is 6.08 Å². The average molecular weight is 538 g/mol. The Morgan fingerprint density at radius 2 is 1.95 bits per heavy atom. The minimum atomic E-state index is -0.772. The molecule has 1 aromatic heterocycles. The van der Waals surface area contributed by atoms with Crippen LogP contribution in [0.4, 0.5) is 5.69 Å². The number of rotatable bonds is 8. The molecule has 0 N–H and O–H groups in total. The van der Waals surface area contributed by atoms with E-state index < -0.39 is 16.9 Å². The summed E-state index contributed by atoms with van der Waals surface area (Å²) in [6.07, 6.45) is 1.56. The first-order chi connectivity index (χ1) is 18.1. The molecule has 0 spiro atoms. The van der Waals surface area contributed by atoms with Crippen LogP contribution in [0, 0.1) is 10.1 Å². The van der Waals surface area contributed by atoms with Crippen molar-refractivity contribution in [2.75, 3.05) is 13.7 Å². The molecule has 0 amide bonds. The van der Waals surface area contributed by atoms with Crippen molar-refractivity contribution in [1.82, 2.24) is 4.57 Å². The van der Waals surface area contributed by atoms with Gasteiger partial charge in [-0.3, -0.25) is 19.5 Å². The third-order valence-electron chi connectivity index (χ3n) is 5.78. The number of hydrogen-bond donors (Lipinski definition) is 0. The maximum atomic E-state index is 13.7. The van der Waals surface area contributed by atoms with E-state index in [1.165, 1.54) is 23.8 Å². The number of allylic oxidation sites excluding steroid dienone is 1. The van der Waals surface area contributed by atoms with E-state index in [0.29, 0.717) is 31.9 Å². The van der Waals surface area contributed by atoms with Crippen LogP contribution in [-0.4, -0.2) is 35.3 Å². The Labute approximate surface area is 222 Å². The van der Waals surface area contributed by atoms with Gasteiger partial charge in [0.25, 0.3) is 5.56 Å². The first kappa shape index (κ1) is 26.8. The molecule has 1 atom stereocenters. The lowest BCUT2D eigenvalue weighted by molar-refractivity contribution is -0.385. The van der Waals surface area contributed by atoms with Crippen LogP contribution >= 0.6 is 11.3 Å². The molecule has 2 heterocycles. The van der Waals surface area contributed by atoms with Crippen LogP contribution in [0.1, 0.15) is 44.9 Å².